The summed E-state index contributed by atoms with van der Waals surface area (Å²) in [7, 11) is -2.31. The lowest BCUT2D eigenvalue weighted by atomic mass is 10.0. The van der Waals surface area contributed by atoms with Gasteiger partial charge < -0.3 is 35.4 Å². The van der Waals surface area contributed by atoms with Crippen LogP contribution in [0.4, 0.5) is 0 Å². The van der Waals surface area contributed by atoms with Gasteiger partial charge in [0.2, 0.25) is 0 Å². The van der Waals surface area contributed by atoms with E-state index in [1.165, 1.54) is 50.5 Å². The summed E-state index contributed by atoms with van der Waals surface area (Å²) in [6.07, 6.45) is 10.3. The Morgan fingerprint density at radius 1 is 0.852 bits per heavy atom. The summed E-state index contributed by atoms with van der Waals surface area (Å²) in [4.78, 5) is 17.5. The van der Waals surface area contributed by atoms with Crippen molar-refractivity contribution in [2.75, 3.05) is 19.8 Å². The molecular formula is C19H36NO6P. The number of unbranched alkanes of at least 4 members (excludes halogenated alkanes) is 6. The second kappa shape index (κ2) is 16.2. The highest BCUT2D eigenvalue weighted by molar-refractivity contribution is 7.39. The van der Waals surface area contributed by atoms with Crippen LogP contribution >= 0.6 is 8.60 Å². The van der Waals surface area contributed by atoms with E-state index in [2.05, 4.69) is 6.92 Å². The first-order valence-electron chi connectivity index (χ1n) is 9.47. The Kier molecular flexibility index (Phi) is 15.7. The molecule has 0 heterocycles. The molecular weight excluding hydrogens is 369 g/mol. The predicted octanol–water partition coefficient (Wildman–Crippen LogP) is 2.23. The fourth-order valence-corrected chi connectivity index (χ4v) is 2.56. The van der Waals surface area contributed by atoms with Crippen LogP contribution in [0.1, 0.15) is 57.4 Å². The second-order valence-corrected chi connectivity index (χ2v) is 7.38. The van der Waals surface area contributed by atoms with Crippen molar-refractivity contribution in [3.63, 3.8) is 0 Å². The zero-order chi connectivity index (χ0) is 20.5. The Morgan fingerprint density at radius 3 is 1.74 bits per heavy atom. The summed E-state index contributed by atoms with van der Waals surface area (Å²) < 4.78 is 4.83. The van der Waals surface area contributed by atoms with Crippen LogP contribution in [0.5, 0.6) is 5.75 Å². The van der Waals surface area contributed by atoms with Crippen LogP contribution in [0.25, 0.3) is 0 Å². The number of benzene rings is 1. The lowest BCUT2D eigenvalue weighted by Gasteiger charge is -2.20. The van der Waals surface area contributed by atoms with E-state index in [1.807, 2.05) is 12.1 Å². The molecule has 27 heavy (non-hydrogen) atoms. The minimum Gasteiger partial charge on any atom is -0.427 e. The lowest BCUT2D eigenvalue weighted by Crippen LogP contribution is -2.50. The SMILES string of the molecule is CCCCCCCCCc1ccc(OP(O)O)cc1.NC(CO)(CO)CO. The fraction of sp³-hybridized carbons (Fsp3) is 0.684. The first kappa shape index (κ1) is 26.2. The number of rotatable bonds is 13. The Balaban J connectivity index is 0.000000713. The van der Waals surface area contributed by atoms with Crippen molar-refractivity contribution in [1.29, 1.82) is 0 Å². The molecule has 1 rings (SSSR count). The van der Waals surface area contributed by atoms with Crippen molar-refractivity contribution in [2.24, 2.45) is 5.73 Å². The highest BCUT2D eigenvalue weighted by Gasteiger charge is 2.20. The average molecular weight is 405 g/mol. The van der Waals surface area contributed by atoms with Gasteiger partial charge in [-0.15, -0.1) is 0 Å². The van der Waals surface area contributed by atoms with Gasteiger partial charge in [0.1, 0.15) is 5.75 Å². The quantitative estimate of drug-likeness (QED) is 0.219. The van der Waals surface area contributed by atoms with Crippen LogP contribution in [0.15, 0.2) is 24.3 Å². The molecule has 0 aliphatic rings. The molecule has 0 saturated heterocycles. The molecule has 0 bridgehead atoms. The third kappa shape index (κ3) is 13.9. The Bertz CT molecular complexity index is 446. The first-order valence-corrected chi connectivity index (χ1v) is 10.6. The van der Waals surface area contributed by atoms with Crippen molar-refractivity contribution in [1.82, 2.24) is 0 Å². The van der Waals surface area contributed by atoms with Gasteiger partial charge in [-0.3, -0.25) is 0 Å². The van der Waals surface area contributed by atoms with Crippen molar-refractivity contribution in [3.05, 3.63) is 29.8 Å². The van der Waals surface area contributed by atoms with E-state index in [1.54, 1.807) is 12.1 Å². The molecule has 0 atom stereocenters. The molecule has 0 fully saturated rings. The molecule has 0 spiro atoms. The minimum absolute atomic E-state index is 0.403. The first-order chi connectivity index (χ1) is 12.9. The molecule has 0 unspecified atom stereocenters. The Morgan fingerprint density at radius 2 is 1.33 bits per heavy atom. The maximum atomic E-state index is 8.74. The summed E-state index contributed by atoms with van der Waals surface area (Å²) in [5.41, 5.74) is 5.22. The third-order valence-electron chi connectivity index (χ3n) is 4.12. The molecule has 1 aromatic rings. The molecule has 0 aliphatic heterocycles. The summed E-state index contributed by atoms with van der Waals surface area (Å²) in [5.74, 6) is 0.513. The lowest BCUT2D eigenvalue weighted by molar-refractivity contribution is 0.0697. The Labute approximate surface area is 163 Å². The number of aliphatic hydroxyl groups is 3. The fourth-order valence-electron chi connectivity index (χ4n) is 2.25. The normalized spacial score (nSPS) is 11.3. The van der Waals surface area contributed by atoms with Gasteiger partial charge in [0.25, 0.3) is 0 Å². The van der Waals surface area contributed by atoms with Gasteiger partial charge in [0.15, 0.2) is 0 Å². The number of aliphatic hydroxyl groups excluding tert-OH is 3. The zero-order valence-electron chi connectivity index (χ0n) is 16.3. The second-order valence-electron chi connectivity index (χ2n) is 6.70. The van der Waals surface area contributed by atoms with Gasteiger partial charge in [-0.25, -0.2) is 0 Å². The monoisotopic (exact) mass is 405 g/mol. The maximum absolute atomic E-state index is 8.74. The van der Waals surface area contributed by atoms with Crippen LogP contribution in [0.3, 0.4) is 0 Å². The Hall–Kier alpha value is -0.790. The van der Waals surface area contributed by atoms with E-state index < -0.39 is 34.0 Å². The van der Waals surface area contributed by atoms with Crippen molar-refractivity contribution in [2.45, 2.75) is 63.8 Å². The average Bonchev–Trinajstić information content (AvgIpc) is 2.68. The summed E-state index contributed by atoms with van der Waals surface area (Å²) >= 11 is 0. The zero-order valence-corrected chi connectivity index (χ0v) is 17.2. The van der Waals surface area contributed by atoms with Crippen LogP contribution < -0.4 is 10.3 Å². The van der Waals surface area contributed by atoms with Crippen molar-refractivity contribution >= 4 is 8.60 Å². The summed E-state index contributed by atoms with van der Waals surface area (Å²) in [6, 6.07) is 7.56. The highest BCUT2D eigenvalue weighted by atomic mass is 31.2. The minimum atomic E-state index is -2.31. The third-order valence-corrected chi connectivity index (χ3v) is 4.50. The van der Waals surface area contributed by atoms with Crippen LogP contribution in [-0.4, -0.2) is 50.5 Å². The molecule has 0 amide bonds. The van der Waals surface area contributed by atoms with Crippen molar-refractivity contribution < 1.29 is 29.6 Å². The number of hydrogen-bond donors (Lipinski definition) is 6. The van der Waals surface area contributed by atoms with E-state index in [0.717, 1.165) is 6.42 Å². The molecule has 158 valence electrons. The smallest absolute Gasteiger partial charge is 0.391 e. The van der Waals surface area contributed by atoms with Gasteiger partial charge in [0.05, 0.1) is 25.4 Å². The molecule has 0 aliphatic carbocycles. The molecule has 1 aromatic carbocycles. The largest absolute Gasteiger partial charge is 0.427 e. The van der Waals surface area contributed by atoms with E-state index in [-0.39, 0.29) is 0 Å². The van der Waals surface area contributed by atoms with Gasteiger partial charge in [-0.05, 0) is 30.5 Å². The van der Waals surface area contributed by atoms with Gasteiger partial charge in [0, 0.05) is 0 Å². The molecule has 7 nitrogen and oxygen atoms in total. The molecule has 7 N–H and O–H groups in total. The highest BCUT2D eigenvalue weighted by Crippen LogP contribution is 2.28. The van der Waals surface area contributed by atoms with E-state index in [9.17, 15) is 0 Å². The van der Waals surface area contributed by atoms with E-state index in [0.29, 0.717) is 5.75 Å². The van der Waals surface area contributed by atoms with Gasteiger partial charge in [-0.1, -0.05) is 57.6 Å². The van der Waals surface area contributed by atoms with Gasteiger partial charge in [-0.2, -0.15) is 0 Å². The number of aryl methyl sites for hydroxylation is 1. The summed E-state index contributed by atoms with van der Waals surface area (Å²) in [5, 5.41) is 25.0. The molecule has 8 heteroatoms. The molecule has 0 aromatic heterocycles. The van der Waals surface area contributed by atoms with E-state index >= 15 is 0 Å². The summed E-state index contributed by atoms with van der Waals surface area (Å²) in [6.45, 7) is 1.03. The van der Waals surface area contributed by atoms with Crippen LogP contribution in [0.2, 0.25) is 0 Å². The molecule has 0 saturated carbocycles. The maximum Gasteiger partial charge on any atom is 0.391 e. The number of nitrogens with two attached hydrogens (primary N) is 1. The van der Waals surface area contributed by atoms with Gasteiger partial charge >= 0.3 is 8.60 Å². The van der Waals surface area contributed by atoms with Crippen LogP contribution in [-0.2, 0) is 6.42 Å². The standard InChI is InChI=1S/C15H25O3P.C4H11NO3/c1-2-3-4-5-6-7-8-9-14-10-12-15(13-11-14)18-19(16)17;5-4(1-6,2-7)3-8/h10-13,16-17H,2-9H2,1H3;6-8H,1-3,5H2. The van der Waals surface area contributed by atoms with Crippen molar-refractivity contribution in [3.8, 4) is 5.75 Å². The number of hydrogen-bond acceptors (Lipinski definition) is 7. The van der Waals surface area contributed by atoms with Crippen LogP contribution in [0, 0.1) is 0 Å². The predicted molar refractivity (Wildman–Crippen MR) is 108 cm³/mol. The van der Waals surface area contributed by atoms with E-state index in [4.69, 9.17) is 35.4 Å². The molecule has 0 radical (unpaired) electrons. The topological polar surface area (TPSA) is 136 Å².